The third-order valence-electron chi connectivity index (χ3n) is 4.46. The zero-order valence-corrected chi connectivity index (χ0v) is 15.8. The van der Waals surface area contributed by atoms with E-state index in [0.717, 1.165) is 24.1 Å². The van der Waals surface area contributed by atoms with Gasteiger partial charge in [0.1, 0.15) is 4.21 Å². The summed E-state index contributed by atoms with van der Waals surface area (Å²) in [5.74, 6) is 0.121. The number of benzene rings is 1. The van der Waals surface area contributed by atoms with Gasteiger partial charge in [0.15, 0.2) is 11.6 Å². The molecule has 0 saturated carbocycles. The average Bonchev–Trinajstić information content (AvgIpc) is 3.11. The maximum atomic E-state index is 13.6. The Bertz CT molecular complexity index is 811. The predicted octanol–water partition coefficient (Wildman–Crippen LogP) is 3.93. The molecule has 1 saturated heterocycles. The van der Waals surface area contributed by atoms with Crippen molar-refractivity contribution in [3.8, 4) is 5.75 Å². The Morgan fingerprint density at radius 2 is 1.92 bits per heavy atom. The summed E-state index contributed by atoms with van der Waals surface area (Å²) in [7, 11) is -3.40. The van der Waals surface area contributed by atoms with E-state index < -0.39 is 10.0 Å². The van der Waals surface area contributed by atoms with E-state index in [1.807, 2.05) is 13.0 Å². The van der Waals surface area contributed by atoms with Gasteiger partial charge in [-0.15, -0.1) is 11.3 Å². The number of halogens is 1. The lowest BCUT2D eigenvalue weighted by Gasteiger charge is -2.30. The fourth-order valence-corrected chi connectivity index (χ4v) is 5.82. The molecule has 3 rings (SSSR count). The van der Waals surface area contributed by atoms with Gasteiger partial charge in [-0.3, -0.25) is 0 Å². The van der Waals surface area contributed by atoms with Crippen molar-refractivity contribution in [2.75, 3.05) is 19.7 Å². The Hall–Kier alpha value is -1.44. The summed E-state index contributed by atoms with van der Waals surface area (Å²) in [4.78, 5) is 1.08. The molecule has 0 amide bonds. The van der Waals surface area contributed by atoms with Gasteiger partial charge in [-0.05, 0) is 49.4 Å². The molecule has 0 aliphatic carbocycles. The first-order valence-corrected chi connectivity index (χ1v) is 10.7. The Morgan fingerprint density at radius 3 is 2.56 bits per heavy atom. The third-order valence-corrected chi connectivity index (χ3v) is 8.06. The summed E-state index contributed by atoms with van der Waals surface area (Å²) >= 11 is 1.35. The second-order valence-electron chi connectivity index (χ2n) is 6.16. The number of piperidine rings is 1. The average molecular weight is 384 g/mol. The molecule has 1 aromatic heterocycles. The molecule has 0 bridgehead atoms. The maximum Gasteiger partial charge on any atom is 0.252 e. The van der Waals surface area contributed by atoms with Gasteiger partial charge in [0.25, 0.3) is 10.0 Å². The van der Waals surface area contributed by atoms with Crippen LogP contribution in [0, 0.1) is 11.7 Å². The Labute approximate surface area is 152 Å². The molecule has 0 spiro atoms. The molecule has 1 aliphatic heterocycles. The van der Waals surface area contributed by atoms with Crippen LogP contribution in [0.1, 0.15) is 24.6 Å². The minimum Gasteiger partial charge on any atom is -0.490 e. The maximum absolute atomic E-state index is 13.6. The first-order valence-electron chi connectivity index (χ1n) is 8.47. The molecule has 2 aromatic rings. The van der Waals surface area contributed by atoms with Crippen molar-refractivity contribution in [2.45, 2.75) is 30.4 Å². The summed E-state index contributed by atoms with van der Waals surface area (Å²) < 4.78 is 46.5. The van der Waals surface area contributed by atoms with E-state index in [-0.39, 0.29) is 17.5 Å². The number of rotatable bonds is 6. The van der Waals surface area contributed by atoms with Crippen LogP contribution in [-0.2, 0) is 16.4 Å². The predicted molar refractivity (Wildman–Crippen MR) is 97.1 cm³/mol. The largest absolute Gasteiger partial charge is 0.490 e. The Morgan fingerprint density at radius 1 is 1.20 bits per heavy atom. The smallest absolute Gasteiger partial charge is 0.252 e. The topological polar surface area (TPSA) is 46.6 Å². The van der Waals surface area contributed by atoms with Crippen LogP contribution >= 0.6 is 11.3 Å². The molecule has 4 nitrogen and oxygen atoms in total. The van der Waals surface area contributed by atoms with Crippen LogP contribution in [0.4, 0.5) is 4.39 Å². The van der Waals surface area contributed by atoms with Gasteiger partial charge < -0.3 is 4.74 Å². The highest BCUT2D eigenvalue weighted by Gasteiger charge is 2.30. The first-order chi connectivity index (χ1) is 12.0. The van der Waals surface area contributed by atoms with E-state index in [1.54, 1.807) is 28.6 Å². The van der Waals surface area contributed by atoms with Crippen molar-refractivity contribution in [1.82, 2.24) is 4.31 Å². The van der Waals surface area contributed by atoms with Gasteiger partial charge in [0.2, 0.25) is 0 Å². The molecule has 7 heteroatoms. The second kappa shape index (κ2) is 7.85. The highest BCUT2D eigenvalue weighted by Crippen LogP contribution is 2.29. The summed E-state index contributed by atoms with van der Waals surface area (Å²) in [6, 6.07) is 9.92. The lowest BCUT2D eigenvalue weighted by atomic mass is 9.99. The van der Waals surface area contributed by atoms with Gasteiger partial charge in [0.05, 0.1) is 6.61 Å². The number of aryl methyl sites for hydroxylation is 1. The minimum absolute atomic E-state index is 0.237. The van der Waals surface area contributed by atoms with Crippen LogP contribution < -0.4 is 4.74 Å². The molecule has 0 radical (unpaired) electrons. The van der Waals surface area contributed by atoms with E-state index in [0.29, 0.717) is 23.9 Å². The van der Waals surface area contributed by atoms with Crippen LogP contribution in [-0.4, -0.2) is 32.4 Å². The number of nitrogens with zero attached hydrogens (tertiary/aromatic N) is 1. The van der Waals surface area contributed by atoms with Gasteiger partial charge in [-0.2, -0.15) is 4.31 Å². The van der Waals surface area contributed by atoms with Gasteiger partial charge in [0, 0.05) is 18.0 Å². The second-order valence-corrected chi connectivity index (χ2v) is 9.50. The Balaban J connectivity index is 1.55. The number of hydrogen-bond acceptors (Lipinski definition) is 4. The monoisotopic (exact) mass is 383 g/mol. The van der Waals surface area contributed by atoms with Crippen molar-refractivity contribution in [3.05, 3.63) is 47.1 Å². The molecule has 1 fully saturated rings. The normalized spacial score (nSPS) is 16.9. The molecule has 0 unspecified atom stereocenters. The Kier molecular flexibility index (Phi) is 5.76. The van der Waals surface area contributed by atoms with Crippen molar-refractivity contribution in [3.63, 3.8) is 0 Å². The molecule has 1 aromatic carbocycles. The van der Waals surface area contributed by atoms with E-state index in [2.05, 4.69) is 0 Å². The number of ether oxygens (including phenoxy) is 1. The van der Waals surface area contributed by atoms with E-state index in [4.69, 9.17) is 4.74 Å². The number of hydrogen-bond donors (Lipinski definition) is 0. The van der Waals surface area contributed by atoms with E-state index >= 15 is 0 Å². The highest BCUT2D eigenvalue weighted by molar-refractivity contribution is 7.91. The van der Waals surface area contributed by atoms with Crippen molar-refractivity contribution < 1.29 is 17.5 Å². The first kappa shape index (κ1) is 18.4. The van der Waals surface area contributed by atoms with Crippen LogP contribution in [0.5, 0.6) is 5.75 Å². The molecular formula is C18H22FNO3S2. The molecule has 1 aliphatic rings. The van der Waals surface area contributed by atoms with Gasteiger partial charge >= 0.3 is 0 Å². The minimum atomic E-state index is -3.40. The lowest BCUT2D eigenvalue weighted by molar-refractivity contribution is 0.181. The molecule has 136 valence electrons. The number of thiophene rings is 1. The number of sulfonamides is 1. The molecule has 2 heterocycles. The van der Waals surface area contributed by atoms with Crippen molar-refractivity contribution >= 4 is 21.4 Å². The number of para-hydroxylation sites is 1. The van der Waals surface area contributed by atoms with Gasteiger partial charge in [-0.1, -0.05) is 19.1 Å². The molecule has 0 atom stereocenters. The molecular weight excluding hydrogens is 361 g/mol. The standard InChI is InChI=1S/C18H22FNO3S2/c1-2-15-7-8-18(24-15)25(21,22)20-11-9-14(10-12-20)13-23-17-6-4-3-5-16(17)19/h3-8,14H,2,9-13H2,1H3. The fraction of sp³-hybridized carbons (Fsp3) is 0.444. The SMILES string of the molecule is CCc1ccc(S(=O)(=O)N2CCC(COc3ccccc3F)CC2)s1. The van der Waals surface area contributed by atoms with Crippen molar-refractivity contribution in [2.24, 2.45) is 5.92 Å². The summed E-state index contributed by atoms with van der Waals surface area (Å²) in [6.45, 7) is 3.39. The summed E-state index contributed by atoms with van der Waals surface area (Å²) in [5, 5.41) is 0. The lowest BCUT2D eigenvalue weighted by Crippen LogP contribution is -2.39. The highest BCUT2D eigenvalue weighted by atomic mass is 32.2. The van der Waals surface area contributed by atoms with Gasteiger partial charge in [-0.25, -0.2) is 12.8 Å². The third kappa shape index (κ3) is 4.22. The van der Waals surface area contributed by atoms with Crippen LogP contribution in [0.15, 0.2) is 40.6 Å². The van der Waals surface area contributed by atoms with E-state index in [9.17, 15) is 12.8 Å². The van der Waals surface area contributed by atoms with Crippen LogP contribution in [0.25, 0.3) is 0 Å². The fourth-order valence-electron chi connectivity index (χ4n) is 2.90. The zero-order valence-electron chi connectivity index (χ0n) is 14.2. The zero-order chi connectivity index (χ0) is 17.9. The van der Waals surface area contributed by atoms with Crippen LogP contribution in [0.3, 0.4) is 0 Å². The molecule has 25 heavy (non-hydrogen) atoms. The summed E-state index contributed by atoms with van der Waals surface area (Å²) in [5.41, 5.74) is 0. The van der Waals surface area contributed by atoms with Crippen molar-refractivity contribution in [1.29, 1.82) is 0 Å². The summed E-state index contributed by atoms with van der Waals surface area (Å²) in [6.07, 6.45) is 2.29. The van der Waals surface area contributed by atoms with E-state index in [1.165, 1.54) is 17.4 Å². The van der Waals surface area contributed by atoms with Crippen LogP contribution in [0.2, 0.25) is 0 Å². The molecule has 0 N–H and O–H groups in total. The quantitative estimate of drug-likeness (QED) is 0.759.